The van der Waals surface area contributed by atoms with Crippen molar-refractivity contribution in [3.05, 3.63) is 35.4 Å². The first-order valence-electron chi connectivity index (χ1n) is 11.7. The predicted octanol–water partition coefficient (Wildman–Crippen LogP) is 2.90. The van der Waals surface area contributed by atoms with Crippen molar-refractivity contribution in [1.29, 1.82) is 0 Å². The van der Waals surface area contributed by atoms with Crippen LogP contribution in [-0.2, 0) is 9.59 Å². The van der Waals surface area contributed by atoms with Crippen molar-refractivity contribution in [1.82, 2.24) is 10.9 Å². The van der Waals surface area contributed by atoms with Crippen LogP contribution in [0.15, 0.2) is 34.5 Å². The molecule has 12 nitrogen and oxygen atoms in total. The van der Waals surface area contributed by atoms with Gasteiger partial charge in [-0.1, -0.05) is 0 Å². The summed E-state index contributed by atoms with van der Waals surface area (Å²) in [6, 6.07) is 6.89. The van der Waals surface area contributed by atoms with Crippen LogP contribution in [0.25, 0.3) is 0 Å². The zero-order chi connectivity index (χ0) is 27.9. The number of ether oxygens (including phenoxy) is 6. The quantitative estimate of drug-likeness (QED) is 0.204. The van der Waals surface area contributed by atoms with Crippen molar-refractivity contribution >= 4 is 24.2 Å². The molecular formula is C26H34N4O8. The van der Waals surface area contributed by atoms with Crippen LogP contribution in [0.5, 0.6) is 34.5 Å². The van der Waals surface area contributed by atoms with Crippen molar-refractivity contribution in [2.24, 2.45) is 10.2 Å². The van der Waals surface area contributed by atoms with Crippen LogP contribution in [0, 0.1) is 0 Å². The lowest BCUT2D eigenvalue weighted by atomic mass is 10.2. The minimum absolute atomic E-state index is 0.208. The van der Waals surface area contributed by atoms with Crippen molar-refractivity contribution in [3.8, 4) is 34.5 Å². The molecule has 0 saturated carbocycles. The second kappa shape index (κ2) is 15.6. The van der Waals surface area contributed by atoms with E-state index in [1.807, 2.05) is 0 Å². The number of carbonyl (C=O) groups excluding carboxylic acids is 2. The number of amides is 2. The van der Waals surface area contributed by atoms with Gasteiger partial charge in [-0.2, -0.15) is 10.2 Å². The van der Waals surface area contributed by atoms with Crippen LogP contribution in [0.1, 0.15) is 36.8 Å². The number of hydrazone groups is 2. The fourth-order valence-electron chi connectivity index (χ4n) is 3.48. The summed E-state index contributed by atoms with van der Waals surface area (Å²) in [4.78, 5) is 24.2. The van der Waals surface area contributed by atoms with E-state index in [0.717, 1.165) is 0 Å². The first kappa shape index (κ1) is 29.7. The molecule has 0 aromatic heterocycles. The molecule has 0 saturated heterocycles. The molecule has 206 valence electrons. The number of hydrogen-bond acceptors (Lipinski definition) is 10. The molecule has 2 aromatic rings. The van der Waals surface area contributed by atoms with Gasteiger partial charge < -0.3 is 28.4 Å². The van der Waals surface area contributed by atoms with Gasteiger partial charge in [-0.05, 0) is 37.1 Å². The topological polar surface area (TPSA) is 138 Å². The van der Waals surface area contributed by atoms with Gasteiger partial charge in [0.2, 0.25) is 23.3 Å². The molecule has 38 heavy (non-hydrogen) atoms. The first-order chi connectivity index (χ1) is 18.4. The third kappa shape index (κ3) is 8.02. The highest BCUT2D eigenvalue weighted by Gasteiger charge is 2.16. The molecule has 0 aliphatic carbocycles. The molecule has 2 aromatic carbocycles. The van der Waals surface area contributed by atoms with E-state index in [0.29, 0.717) is 58.5 Å². The average Bonchev–Trinajstić information content (AvgIpc) is 2.94. The Morgan fingerprint density at radius 2 is 0.974 bits per heavy atom. The van der Waals surface area contributed by atoms with Gasteiger partial charge >= 0.3 is 0 Å². The fraction of sp³-hybridized carbons (Fsp3) is 0.385. The molecule has 2 N–H and O–H groups in total. The fourth-order valence-corrected chi connectivity index (χ4v) is 3.48. The summed E-state index contributed by atoms with van der Waals surface area (Å²) in [5, 5.41) is 7.95. The Morgan fingerprint density at radius 1 is 0.605 bits per heavy atom. The van der Waals surface area contributed by atoms with Crippen LogP contribution in [0.4, 0.5) is 0 Å². The van der Waals surface area contributed by atoms with E-state index in [-0.39, 0.29) is 24.7 Å². The van der Waals surface area contributed by atoms with Gasteiger partial charge in [-0.3, -0.25) is 9.59 Å². The van der Waals surface area contributed by atoms with Gasteiger partial charge in [0.15, 0.2) is 23.0 Å². The summed E-state index contributed by atoms with van der Waals surface area (Å²) in [6.07, 6.45) is 4.33. The van der Waals surface area contributed by atoms with E-state index in [1.54, 1.807) is 24.3 Å². The van der Waals surface area contributed by atoms with Crippen LogP contribution < -0.4 is 39.3 Å². The van der Waals surface area contributed by atoms with Gasteiger partial charge in [0.1, 0.15) is 0 Å². The lowest BCUT2D eigenvalue weighted by molar-refractivity contribution is -0.123. The molecule has 0 heterocycles. The Kier molecular flexibility index (Phi) is 12.2. The van der Waals surface area contributed by atoms with Crippen LogP contribution in [0.2, 0.25) is 0 Å². The van der Waals surface area contributed by atoms with E-state index in [9.17, 15) is 9.59 Å². The van der Waals surface area contributed by atoms with Gasteiger partial charge in [0.05, 0.1) is 55.1 Å². The number of rotatable bonds is 15. The molecular weight excluding hydrogens is 496 g/mol. The Hall–Kier alpha value is -4.48. The number of carbonyl (C=O) groups is 2. The minimum Gasteiger partial charge on any atom is -0.493 e. The van der Waals surface area contributed by atoms with Crippen LogP contribution >= 0.6 is 0 Å². The number of hydrogen-bond donors (Lipinski definition) is 2. The molecule has 0 radical (unpaired) electrons. The van der Waals surface area contributed by atoms with Gasteiger partial charge in [-0.15, -0.1) is 0 Å². The van der Waals surface area contributed by atoms with E-state index in [2.05, 4.69) is 21.1 Å². The third-order valence-electron chi connectivity index (χ3n) is 5.31. The van der Waals surface area contributed by atoms with E-state index >= 15 is 0 Å². The third-order valence-corrected chi connectivity index (χ3v) is 5.31. The van der Waals surface area contributed by atoms with Crippen molar-refractivity contribution in [2.45, 2.75) is 25.7 Å². The van der Waals surface area contributed by atoms with Crippen LogP contribution in [0.3, 0.4) is 0 Å². The average molecular weight is 531 g/mol. The highest BCUT2D eigenvalue weighted by Crippen LogP contribution is 2.39. The molecule has 0 spiro atoms. The highest BCUT2D eigenvalue weighted by molar-refractivity contribution is 5.88. The molecule has 0 bridgehead atoms. The van der Waals surface area contributed by atoms with E-state index < -0.39 is 0 Å². The first-order valence-corrected chi connectivity index (χ1v) is 11.7. The molecule has 0 aliphatic heterocycles. The standard InChI is InChI=1S/C26H34N4O8/c1-33-19-13-11-17(23(35-3)25(19)37-5)15-27-29-21(31)9-7-8-10-22(32)30-28-16-18-12-14-20(34-2)26(38-6)24(18)36-4/h11-16H,7-10H2,1-6H3,(H,29,31)(H,30,32)/b27-15-,28-16-. The van der Waals surface area contributed by atoms with Gasteiger partial charge in [-0.25, -0.2) is 10.9 Å². The largest absolute Gasteiger partial charge is 0.493 e. The summed E-state index contributed by atoms with van der Waals surface area (Å²) in [5.41, 5.74) is 6.14. The molecule has 12 heteroatoms. The summed E-state index contributed by atoms with van der Waals surface area (Å²) in [7, 11) is 9.07. The summed E-state index contributed by atoms with van der Waals surface area (Å²) >= 11 is 0. The van der Waals surface area contributed by atoms with Crippen molar-refractivity contribution < 1.29 is 38.0 Å². The van der Waals surface area contributed by atoms with Crippen molar-refractivity contribution in [3.63, 3.8) is 0 Å². The number of nitrogens with one attached hydrogen (secondary N) is 2. The molecule has 0 aliphatic rings. The molecule has 0 unspecified atom stereocenters. The Labute approximate surface area is 221 Å². The summed E-state index contributed by atoms with van der Waals surface area (Å²) in [6.45, 7) is 0. The molecule has 2 amide bonds. The highest BCUT2D eigenvalue weighted by atomic mass is 16.5. The molecule has 2 rings (SSSR count). The number of methoxy groups -OCH3 is 6. The molecule has 0 atom stereocenters. The second-order valence-electron chi connectivity index (χ2n) is 7.64. The Balaban J connectivity index is 1.78. The SMILES string of the molecule is COc1ccc(/C=N\NC(=O)CCCCC(=O)N/N=C\c2ccc(OC)c(OC)c2OC)c(OC)c1OC. The Bertz CT molecular complexity index is 1060. The lowest BCUT2D eigenvalue weighted by Crippen LogP contribution is -2.19. The number of nitrogens with zero attached hydrogens (tertiary/aromatic N) is 2. The van der Waals surface area contributed by atoms with E-state index in [1.165, 1.54) is 55.1 Å². The Morgan fingerprint density at radius 3 is 1.29 bits per heavy atom. The van der Waals surface area contributed by atoms with Gasteiger partial charge in [0, 0.05) is 24.0 Å². The summed E-state index contributed by atoms with van der Waals surface area (Å²) < 4.78 is 31.9. The maximum absolute atomic E-state index is 12.1. The van der Waals surface area contributed by atoms with E-state index in [4.69, 9.17) is 28.4 Å². The van der Waals surface area contributed by atoms with Crippen molar-refractivity contribution in [2.75, 3.05) is 42.7 Å². The zero-order valence-electron chi connectivity index (χ0n) is 22.5. The summed E-state index contributed by atoms with van der Waals surface area (Å²) in [5.74, 6) is 2.19. The monoisotopic (exact) mass is 530 g/mol. The predicted molar refractivity (Wildman–Crippen MR) is 142 cm³/mol. The number of benzene rings is 2. The second-order valence-corrected chi connectivity index (χ2v) is 7.64. The zero-order valence-corrected chi connectivity index (χ0v) is 22.5. The minimum atomic E-state index is -0.278. The normalized spacial score (nSPS) is 10.8. The maximum atomic E-state index is 12.1. The smallest absolute Gasteiger partial charge is 0.240 e. The number of unbranched alkanes of at least 4 members (excludes halogenated alkanes) is 1. The molecule has 0 fully saturated rings. The van der Waals surface area contributed by atoms with Gasteiger partial charge in [0.25, 0.3) is 0 Å². The maximum Gasteiger partial charge on any atom is 0.240 e. The lowest BCUT2D eigenvalue weighted by Gasteiger charge is -2.13. The van der Waals surface area contributed by atoms with Crippen LogP contribution in [-0.4, -0.2) is 66.9 Å².